The van der Waals surface area contributed by atoms with Crippen molar-refractivity contribution in [2.45, 2.75) is 45.4 Å². The zero-order chi connectivity index (χ0) is 14.2. The number of unbranched alkanes of at least 4 members (excludes halogenated alkanes) is 1. The van der Waals surface area contributed by atoms with Crippen molar-refractivity contribution in [1.82, 2.24) is 5.32 Å². The van der Waals surface area contributed by atoms with Gasteiger partial charge in [0.25, 0.3) is 0 Å². The molecule has 0 aliphatic carbocycles. The molecule has 1 atom stereocenters. The normalized spacial score (nSPS) is 18.8. The minimum absolute atomic E-state index is 0.121. The summed E-state index contributed by atoms with van der Waals surface area (Å²) in [7, 11) is 0. The van der Waals surface area contributed by atoms with Gasteiger partial charge in [-0.05, 0) is 62.4 Å². The van der Waals surface area contributed by atoms with Crippen molar-refractivity contribution in [2.24, 2.45) is 5.92 Å². The number of hydrogen-bond donors (Lipinski definition) is 2. The van der Waals surface area contributed by atoms with Gasteiger partial charge < -0.3 is 10.6 Å². The van der Waals surface area contributed by atoms with Gasteiger partial charge in [-0.15, -0.1) is 0 Å². The smallest absolute Gasteiger partial charge is 0.224 e. The van der Waals surface area contributed by atoms with Gasteiger partial charge in [0.05, 0.1) is 0 Å². The maximum Gasteiger partial charge on any atom is 0.224 e. The van der Waals surface area contributed by atoms with Gasteiger partial charge in [0.2, 0.25) is 5.91 Å². The second-order valence-electron chi connectivity index (χ2n) is 5.77. The summed E-state index contributed by atoms with van der Waals surface area (Å²) in [6, 6.07) is 8.33. The molecule has 1 aliphatic rings. The summed E-state index contributed by atoms with van der Waals surface area (Å²) in [5, 5.41) is 6.41. The van der Waals surface area contributed by atoms with Gasteiger partial charge in [0, 0.05) is 12.1 Å². The third-order valence-electron chi connectivity index (χ3n) is 3.92. The fourth-order valence-electron chi connectivity index (χ4n) is 2.72. The SMILES string of the molecule is CCCCC(=O)Nc1ccc(CC2CCCNC2)cc1. The second-order valence-corrected chi connectivity index (χ2v) is 5.77. The molecule has 20 heavy (non-hydrogen) atoms. The number of carbonyl (C=O) groups is 1. The fraction of sp³-hybridized carbons (Fsp3) is 0.588. The van der Waals surface area contributed by atoms with Gasteiger partial charge in [-0.2, -0.15) is 0 Å². The van der Waals surface area contributed by atoms with E-state index in [-0.39, 0.29) is 5.91 Å². The van der Waals surface area contributed by atoms with Crippen LogP contribution in [-0.4, -0.2) is 19.0 Å². The van der Waals surface area contributed by atoms with Crippen molar-refractivity contribution in [1.29, 1.82) is 0 Å². The quantitative estimate of drug-likeness (QED) is 0.835. The molecule has 0 saturated carbocycles. The lowest BCUT2D eigenvalue weighted by atomic mass is 9.92. The van der Waals surface area contributed by atoms with E-state index >= 15 is 0 Å². The topological polar surface area (TPSA) is 41.1 Å². The summed E-state index contributed by atoms with van der Waals surface area (Å²) < 4.78 is 0. The van der Waals surface area contributed by atoms with Gasteiger partial charge in [0.15, 0.2) is 0 Å². The Hall–Kier alpha value is -1.35. The van der Waals surface area contributed by atoms with Crippen LogP contribution in [0.4, 0.5) is 5.69 Å². The highest BCUT2D eigenvalue weighted by Gasteiger charge is 2.13. The number of amides is 1. The maximum atomic E-state index is 11.7. The van der Waals surface area contributed by atoms with Crippen LogP contribution >= 0.6 is 0 Å². The summed E-state index contributed by atoms with van der Waals surface area (Å²) in [6.45, 7) is 4.40. The number of carbonyl (C=O) groups excluding carboxylic acids is 1. The Morgan fingerprint density at radius 2 is 2.15 bits per heavy atom. The Labute approximate surface area is 122 Å². The minimum Gasteiger partial charge on any atom is -0.326 e. The zero-order valence-corrected chi connectivity index (χ0v) is 12.5. The number of nitrogens with one attached hydrogen (secondary N) is 2. The Morgan fingerprint density at radius 3 is 2.80 bits per heavy atom. The van der Waals surface area contributed by atoms with Gasteiger partial charge in [-0.1, -0.05) is 25.5 Å². The van der Waals surface area contributed by atoms with Gasteiger partial charge in [0.1, 0.15) is 0 Å². The highest BCUT2D eigenvalue weighted by Crippen LogP contribution is 2.18. The highest BCUT2D eigenvalue weighted by atomic mass is 16.1. The lowest BCUT2D eigenvalue weighted by Crippen LogP contribution is -2.30. The Morgan fingerprint density at radius 1 is 1.35 bits per heavy atom. The number of benzene rings is 1. The largest absolute Gasteiger partial charge is 0.326 e. The summed E-state index contributed by atoms with van der Waals surface area (Å²) in [5.74, 6) is 0.879. The first-order valence-corrected chi connectivity index (χ1v) is 7.87. The molecule has 3 heteroatoms. The van der Waals surface area contributed by atoms with Crippen LogP contribution in [0.5, 0.6) is 0 Å². The van der Waals surface area contributed by atoms with E-state index < -0.39 is 0 Å². The highest BCUT2D eigenvalue weighted by molar-refractivity contribution is 5.90. The second kappa shape index (κ2) is 8.05. The van der Waals surface area contributed by atoms with E-state index in [4.69, 9.17) is 0 Å². The zero-order valence-electron chi connectivity index (χ0n) is 12.5. The molecule has 0 aromatic heterocycles. The molecule has 110 valence electrons. The first-order valence-electron chi connectivity index (χ1n) is 7.87. The maximum absolute atomic E-state index is 11.7. The molecule has 1 saturated heterocycles. The molecular weight excluding hydrogens is 248 g/mol. The Kier molecular flexibility index (Phi) is 6.06. The van der Waals surface area contributed by atoms with Crippen LogP contribution < -0.4 is 10.6 Å². The summed E-state index contributed by atoms with van der Waals surface area (Å²) in [6.07, 6.45) is 6.38. The molecule has 1 aliphatic heterocycles. The molecule has 1 amide bonds. The number of rotatable bonds is 6. The first-order chi connectivity index (χ1) is 9.78. The van der Waals surface area contributed by atoms with Crippen LogP contribution in [0, 0.1) is 5.92 Å². The molecular formula is C17H26N2O. The molecule has 0 spiro atoms. The third-order valence-corrected chi connectivity index (χ3v) is 3.92. The molecule has 1 unspecified atom stereocenters. The van der Waals surface area contributed by atoms with E-state index in [2.05, 4.69) is 29.7 Å². The van der Waals surface area contributed by atoms with Crippen molar-refractivity contribution < 1.29 is 4.79 Å². The predicted octanol–water partition coefficient (Wildman–Crippen LogP) is 3.36. The monoisotopic (exact) mass is 274 g/mol. The van der Waals surface area contributed by atoms with Crippen molar-refractivity contribution in [3.05, 3.63) is 29.8 Å². The Balaban J connectivity index is 1.81. The lowest BCUT2D eigenvalue weighted by molar-refractivity contribution is -0.116. The van der Waals surface area contributed by atoms with Crippen LogP contribution in [0.3, 0.4) is 0 Å². The number of piperidine rings is 1. The van der Waals surface area contributed by atoms with Crippen molar-refractivity contribution >= 4 is 11.6 Å². The summed E-state index contributed by atoms with van der Waals surface area (Å²) in [4.78, 5) is 11.7. The van der Waals surface area contributed by atoms with Crippen molar-refractivity contribution in [2.75, 3.05) is 18.4 Å². The van der Waals surface area contributed by atoms with E-state index in [0.717, 1.165) is 37.4 Å². The molecule has 1 fully saturated rings. The number of anilines is 1. The van der Waals surface area contributed by atoms with Crippen molar-refractivity contribution in [3.63, 3.8) is 0 Å². The van der Waals surface area contributed by atoms with E-state index in [9.17, 15) is 4.79 Å². The average molecular weight is 274 g/mol. The Bertz CT molecular complexity index is 408. The molecule has 1 heterocycles. The van der Waals surface area contributed by atoms with Gasteiger partial charge in [-0.3, -0.25) is 4.79 Å². The molecule has 0 radical (unpaired) electrons. The van der Waals surface area contributed by atoms with E-state index in [1.807, 2.05) is 12.1 Å². The van der Waals surface area contributed by atoms with Crippen LogP contribution in [-0.2, 0) is 11.2 Å². The number of hydrogen-bond acceptors (Lipinski definition) is 2. The van der Waals surface area contributed by atoms with Gasteiger partial charge in [-0.25, -0.2) is 0 Å². The van der Waals surface area contributed by atoms with Gasteiger partial charge >= 0.3 is 0 Å². The standard InChI is InChI=1S/C17H26N2O/c1-2-3-6-17(20)19-16-9-7-14(8-10-16)12-15-5-4-11-18-13-15/h7-10,15,18H,2-6,11-13H2,1H3,(H,19,20). The predicted molar refractivity (Wildman–Crippen MR) is 83.9 cm³/mol. The molecule has 3 nitrogen and oxygen atoms in total. The molecule has 2 rings (SSSR count). The molecule has 2 N–H and O–H groups in total. The summed E-state index contributed by atoms with van der Waals surface area (Å²) >= 11 is 0. The van der Waals surface area contributed by atoms with Crippen LogP contribution in [0.15, 0.2) is 24.3 Å². The van der Waals surface area contributed by atoms with E-state index in [1.165, 1.54) is 24.9 Å². The fourth-order valence-corrected chi connectivity index (χ4v) is 2.72. The molecule has 0 bridgehead atoms. The van der Waals surface area contributed by atoms with E-state index in [0.29, 0.717) is 6.42 Å². The van der Waals surface area contributed by atoms with Crippen LogP contribution in [0.2, 0.25) is 0 Å². The first kappa shape index (κ1) is 15.0. The van der Waals surface area contributed by atoms with Crippen LogP contribution in [0.25, 0.3) is 0 Å². The third kappa shape index (κ3) is 4.97. The summed E-state index contributed by atoms with van der Waals surface area (Å²) in [5.41, 5.74) is 2.28. The van der Waals surface area contributed by atoms with Crippen LogP contribution in [0.1, 0.15) is 44.6 Å². The van der Waals surface area contributed by atoms with E-state index in [1.54, 1.807) is 0 Å². The van der Waals surface area contributed by atoms with Crippen molar-refractivity contribution in [3.8, 4) is 0 Å². The molecule has 1 aromatic carbocycles. The molecule has 1 aromatic rings. The average Bonchev–Trinajstić information content (AvgIpc) is 2.48. The minimum atomic E-state index is 0.121. The lowest BCUT2D eigenvalue weighted by Gasteiger charge is -2.22.